The zero-order valence-corrected chi connectivity index (χ0v) is 22.0. The summed E-state index contributed by atoms with van der Waals surface area (Å²) in [5, 5.41) is 11.1. The number of aromatic amines is 1. The van der Waals surface area contributed by atoms with Crippen LogP contribution in [0.4, 0.5) is 0 Å². The third kappa shape index (κ3) is 7.99. The molecule has 0 saturated carbocycles. The Bertz CT molecular complexity index is 1160. The topological polar surface area (TPSA) is 107 Å². The van der Waals surface area contributed by atoms with Gasteiger partial charge >= 0.3 is 0 Å². The lowest BCUT2D eigenvalue weighted by Gasteiger charge is -2.11. The fraction of sp³-hybridized carbons (Fsp3) is 0.393. The number of hydrogen-bond acceptors (Lipinski definition) is 7. The Morgan fingerprint density at radius 3 is 2.30 bits per heavy atom. The molecule has 3 rings (SSSR count). The summed E-state index contributed by atoms with van der Waals surface area (Å²) in [7, 11) is 4.63. The number of carbonyl (C=O) groups is 1. The molecule has 9 nitrogen and oxygen atoms in total. The van der Waals surface area contributed by atoms with Crippen LogP contribution in [0.1, 0.15) is 61.5 Å². The zero-order chi connectivity index (χ0) is 26.5. The van der Waals surface area contributed by atoms with Gasteiger partial charge in [0.05, 0.1) is 39.8 Å². The summed E-state index contributed by atoms with van der Waals surface area (Å²) in [4.78, 5) is 12.5. The molecule has 1 aromatic heterocycles. The minimum Gasteiger partial charge on any atom is -0.496 e. The van der Waals surface area contributed by atoms with Gasteiger partial charge in [0.25, 0.3) is 5.91 Å². The molecule has 0 saturated heterocycles. The summed E-state index contributed by atoms with van der Waals surface area (Å²) < 4.78 is 21.8. The van der Waals surface area contributed by atoms with Crippen molar-refractivity contribution in [3.05, 3.63) is 53.7 Å². The Kier molecular flexibility index (Phi) is 10.8. The third-order valence-corrected chi connectivity index (χ3v) is 5.84. The number of methoxy groups -OCH3 is 3. The molecule has 0 atom stereocenters. The second kappa shape index (κ2) is 14.5. The molecule has 0 unspecified atom stereocenters. The zero-order valence-electron chi connectivity index (χ0n) is 22.0. The van der Waals surface area contributed by atoms with E-state index in [1.165, 1.54) is 45.4 Å². The highest BCUT2D eigenvalue weighted by molar-refractivity contribution is 5.94. The number of amides is 1. The van der Waals surface area contributed by atoms with Crippen LogP contribution in [0, 0.1) is 0 Å². The maximum Gasteiger partial charge on any atom is 0.289 e. The van der Waals surface area contributed by atoms with Crippen LogP contribution in [0.3, 0.4) is 0 Å². The minimum atomic E-state index is -0.423. The summed E-state index contributed by atoms with van der Waals surface area (Å²) in [6.45, 7) is 2.94. The van der Waals surface area contributed by atoms with Gasteiger partial charge in [0, 0.05) is 17.2 Å². The average Bonchev–Trinajstić information content (AvgIpc) is 3.43. The molecule has 1 heterocycles. The molecule has 0 aliphatic heterocycles. The number of rotatable bonds is 15. The van der Waals surface area contributed by atoms with E-state index in [9.17, 15) is 4.79 Å². The lowest BCUT2D eigenvalue weighted by molar-refractivity contribution is 0.0950. The molecule has 0 spiro atoms. The van der Waals surface area contributed by atoms with Gasteiger partial charge in [0.15, 0.2) is 11.5 Å². The second-order valence-corrected chi connectivity index (χ2v) is 8.46. The van der Waals surface area contributed by atoms with Crippen LogP contribution in [-0.4, -0.2) is 50.3 Å². The highest BCUT2D eigenvalue weighted by atomic mass is 16.5. The first-order chi connectivity index (χ1) is 18.1. The first-order valence-corrected chi connectivity index (χ1v) is 12.5. The largest absolute Gasteiger partial charge is 0.496 e. The normalized spacial score (nSPS) is 10.9. The van der Waals surface area contributed by atoms with Crippen LogP contribution in [-0.2, 0) is 0 Å². The first-order valence-electron chi connectivity index (χ1n) is 12.5. The number of benzene rings is 2. The van der Waals surface area contributed by atoms with E-state index in [0.717, 1.165) is 17.7 Å². The van der Waals surface area contributed by atoms with Crippen molar-refractivity contribution in [3.8, 4) is 34.3 Å². The van der Waals surface area contributed by atoms with Gasteiger partial charge in [-0.2, -0.15) is 10.2 Å². The fourth-order valence-electron chi connectivity index (χ4n) is 3.75. The van der Waals surface area contributed by atoms with Gasteiger partial charge in [0.1, 0.15) is 17.2 Å². The average molecular weight is 509 g/mol. The molecule has 37 heavy (non-hydrogen) atoms. The number of nitrogens with zero attached hydrogens (tertiary/aromatic N) is 2. The number of ether oxygens (including phenoxy) is 4. The predicted octanol–water partition coefficient (Wildman–Crippen LogP) is 5.61. The van der Waals surface area contributed by atoms with Crippen LogP contribution in [0.2, 0.25) is 0 Å². The molecule has 0 aliphatic rings. The molecule has 1 amide bonds. The molecule has 0 radical (unpaired) electrons. The smallest absolute Gasteiger partial charge is 0.289 e. The van der Waals surface area contributed by atoms with Crippen molar-refractivity contribution >= 4 is 12.1 Å². The molecule has 2 aromatic carbocycles. The lowest BCUT2D eigenvalue weighted by Crippen LogP contribution is -2.18. The van der Waals surface area contributed by atoms with E-state index < -0.39 is 5.91 Å². The summed E-state index contributed by atoms with van der Waals surface area (Å²) in [6, 6.07) is 12.8. The Morgan fingerprint density at radius 2 is 1.59 bits per heavy atom. The summed E-state index contributed by atoms with van der Waals surface area (Å²) in [5.74, 6) is 1.98. The number of nitrogens with one attached hydrogen (secondary N) is 2. The van der Waals surface area contributed by atoms with Gasteiger partial charge in [-0.3, -0.25) is 9.89 Å². The highest BCUT2D eigenvalue weighted by Gasteiger charge is 2.12. The monoisotopic (exact) mass is 508 g/mol. The van der Waals surface area contributed by atoms with E-state index >= 15 is 0 Å². The molecular weight excluding hydrogens is 472 g/mol. The molecule has 2 N–H and O–H groups in total. The predicted molar refractivity (Wildman–Crippen MR) is 144 cm³/mol. The number of hydrogen-bond donors (Lipinski definition) is 2. The third-order valence-electron chi connectivity index (χ3n) is 5.84. The first kappa shape index (κ1) is 27.6. The van der Waals surface area contributed by atoms with Crippen LogP contribution in [0.5, 0.6) is 23.0 Å². The van der Waals surface area contributed by atoms with Crippen molar-refractivity contribution in [1.82, 2.24) is 15.6 Å². The maximum atomic E-state index is 12.5. The van der Waals surface area contributed by atoms with Crippen LogP contribution >= 0.6 is 0 Å². The SMILES string of the molecule is CCCCCCCCOc1ccc(-c2cc(C(=O)NN=Cc3cc(OC)c(OC)cc3OC)[nH]n2)cc1. The number of aromatic nitrogens is 2. The van der Waals surface area contributed by atoms with Crippen LogP contribution < -0.4 is 24.4 Å². The number of carbonyl (C=O) groups excluding carboxylic acids is 1. The quantitative estimate of drug-likeness (QED) is 0.157. The molecule has 0 bridgehead atoms. The van der Waals surface area contributed by atoms with Crippen LogP contribution in [0.15, 0.2) is 47.6 Å². The van der Waals surface area contributed by atoms with Crippen LogP contribution in [0.25, 0.3) is 11.3 Å². The maximum absolute atomic E-state index is 12.5. The minimum absolute atomic E-state index is 0.287. The van der Waals surface area contributed by atoms with Gasteiger partial charge < -0.3 is 18.9 Å². The molecule has 0 fully saturated rings. The van der Waals surface area contributed by atoms with E-state index in [0.29, 0.717) is 35.1 Å². The van der Waals surface area contributed by atoms with E-state index in [2.05, 4.69) is 27.6 Å². The van der Waals surface area contributed by atoms with Gasteiger partial charge in [-0.1, -0.05) is 39.0 Å². The van der Waals surface area contributed by atoms with E-state index in [1.54, 1.807) is 32.4 Å². The molecule has 3 aromatic rings. The van der Waals surface area contributed by atoms with Crippen molar-refractivity contribution < 1.29 is 23.7 Å². The van der Waals surface area contributed by atoms with Crippen molar-refractivity contribution in [2.24, 2.45) is 5.10 Å². The Morgan fingerprint density at radius 1 is 0.919 bits per heavy atom. The summed E-state index contributed by atoms with van der Waals surface area (Å²) in [5.41, 5.74) is 4.92. The number of hydrazone groups is 1. The Hall–Kier alpha value is -4.01. The highest BCUT2D eigenvalue weighted by Crippen LogP contribution is 2.33. The van der Waals surface area contributed by atoms with E-state index in [1.807, 2.05) is 24.3 Å². The standard InChI is InChI=1S/C28H36N4O5/c1-5-6-7-8-9-10-15-37-22-13-11-20(12-14-22)23-17-24(31-30-23)28(33)32-29-19-21-16-26(35-3)27(36-4)18-25(21)34-2/h11-14,16-19H,5-10,15H2,1-4H3,(H,30,31)(H,32,33). The van der Waals surface area contributed by atoms with E-state index in [-0.39, 0.29) is 5.69 Å². The van der Waals surface area contributed by atoms with Gasteiger partial charge in [-0.05, 0) is 42.8 Å². The molecular formula is C28H36N4O5. The summed E-state index contributed by atoms with van der Waals surface area (Å²) in [6.07, 6.45) is 8.86. The van der Waals surface area contributed by atoms with Crippen molar-refractivity contribution in [1.29, 1.82) is 0 Å². The Labute approximate surface area is 218 Å². The van der Waals surface area contributed by atoms with E-state index in [4.69, 9.17) is 18.9 Å². The van der Waals surface area contributed by atoms with Crippen molar-refractivity contribution in [3.63, 3.8) is 0 Å². The lowest BCUT2D eigenvalue weighted by atomic mass is 10.1. The number of unbranched alkanes of at least 4 members (excludes halogenated alkanes) is 5. The van der Waals surface area contributed by atoms with Gasteiger partial charge in [-0.15, -0.1) is 0 Å². The van der Waals surface area contributed by atoms with Gasteiger partial charge in [-0.25, -0.2) is 5.43 Å². The van der Waals surface area contributed by atoms with Crippen molar-refractivity contribution in [2.75, 3.05) is 27.9 Å². The van der Waals surface area contributed by atoms with Crippen molar-refractivity contribution in [2.45, 2.75) is 45.4 Å². The fourth-order valence-corrected chi connectivity index (χ4v) is 3.75. The summed E-state index contributed by atoms with van der Waals surface area (Å²) >= 11 is 0. The Balaban J connectivity index is 1.53. The number of H-pyrrole nitrogens is 1. The molecule has 198 valence electrons. The second-order valence-electron chi connectivity index (χ2n) is 8.46. The molecule has 0 aliphatic carbocycles. The van der Waals surface area contributed by atoms with Gasteiger partial charge in [0.2, 0.25) is 0 Å². The molecule has 9 heteroatoms.